The van der Waals surface area contributed by atoms with Crippen LogP contribution in [0.5, 0.6) is 0 Å². The normalized spacial score (nSPS) is 14.6. The second kappa shape index (κ2) is 9.87. The third-order valence-corrected chi connectivity index (χ3v) is 11.9. The maximum Gasteiger partial charge on any atom is 0.142 e. The molecule has 0 amide bonds. The Labute approximate surface area is 295 Å². The number of rotatable bonds is 2. The molecule has 3 aliphatic carbocycles. The third-order valence-electron chi connectivity index (χ3n) is 11.9. The van der Waals surface area contributed by atoms with Crippen molar-refractivity contribution >= 4 is 38.9 Å². The smallest absolute Gasteiger partial charge is 0.142 e. The number of hydrogen-bond acceptors (Lipinski definition) is 1. The van der Waals surface area contributed by atoms with E-state index in [9.17, 15) is 0 Å². The third kappa shape index (κ3) is 3.38. The molecule has 2 nitrogen and oxygen atoms in total. The summed E-state index contributed by atoms with van der Waals surface area (Å²) in [5.74, 6) is 1.00. The summed E-state index contributed by atoms with van der Waals surface area (Å²) in [7, 11) is 0. The molecule has 0 unspecified atom stereocenters. The van der Waals surface area contributed by atoms with Gasteiger partial charge < -0.3 is 8.98 Å². The van der Waals surface area contributed by atoms with Crippen LogP contribution in [0.2, 0.25) is 0 Å². The highest BCUT2D eigenvalue weighted by Gasteiger charge is 2.53. The van der Waals surface area contributed by atoms with Crippen LogP contribution in [0, 0.1) is 0 Å². The van der Waals surface area contributed by atoms with Gasteiger partial charge >= 0.3 is 0 Å². The standard InChI is InChI=1S/C49H31NO/c1-6-19-41-33(12-1)34-13-2-7-20-42(34)49(41)43-21-8-3-14-35(43)38-28-29-39-36-15-4-9-22-44(36)50(47(39)46(38)49)31-26-24-30(25-27-31)32-17-11-18-40-37-16-5-10-23-45(37)51-48(32)40/h1-4,6-15,17-29H,5,16H2. The van der Waals surface area contributed by atoms with Gasteiger partial charge in [0.15, 0.2) is 0 Å². The van der Waals surface area contributed by atoms with Gasteiger partial charge in [0, 0.05) is 38.5 Å². The van der Waals surface area contributed by atoms with E-state index in [0.29, 0.717) is 0 Å². The highest BCUT2D eigenvalue weighted by Crippen LogP contribution is 2.64. The van der Waals surface area contributed by atoms with Crippen LogP contribution in [0.15, 0.2) is 162 Å². The van der Waals surface area contributed by atoms with Gasteiger partial charge in [-0.05, 0) is 81.6 Å². The molecule has 0 bridgehead atoms. The summed E-state index contributed by atoms with van der Waals surface area (Å²) >= 11 is 0. The molecule has 2 aromatic heterocycles. The lowest BCUT2D eigenvalue weighted by Gasteiger charge is -2.31. The molecule has 0 saturated heterocycles. The number of benzene rings is 7. The molecule has 0 atom stereocenters. The van der Waals surface area contributed by atoms with Crippen LogP contribution in [0.25, 0.3) is 77.9 Å². The quantitative estimate of drug-likeness (QED) is 0.182. The maximum absolute atomic E-state index is 6.49. The Bertz CT molecular complexity index is 2900. The second-order valence-corrected chi connectivity index (χ2v) is 14.2. The summed E-state index contributed by atoms with van der Waals surface area (Å²) in [5.41, 5.74) is 18.5. The zero-order valence-corrected chi connectivity index (χ0v) is 27.9. The minimum Gasteiger partial charge on any atom is -0.456 e. The first kappa shape index (κ1) is 27.4. The average Bonchev–Trinajstić information content (AvgIpc) is 3.92. The zero-order valence-electron chi connectivity index (χ0n) is 27.9. The Kier molecular flexibility index (Phi) is 5.31. The number of nitrogens with zero attached hydrogens (tertiary/aromatic N) is 1. The van der Waals surface area contributed by atoms with E-state index in [1.165, 1.54) is 77.3 Å². The molecule has 0 aliphatic heterocycles. The lowest BCUT2D eigenvalue weighted by Crippen LogP contribution is -2.26. The molecule has 3 aliphatic rings. The maximum atomic E-state index is 6.49. The average molecular weight is 650 g/mol. The summed E-state index contributed by atoms with van der Waals surface area (Å²) in [6.45, 7) is 0. The lowest BCUT2D eigenvalue weighted by atomic mass is 9.70. The zero-order chi connectivity index (χ0) is 33.3. The van der Waals surface area contributed by atoms with E-state index in [1.807, 2.05) is 0 Å². The fourth-order valence-corrected chi connectivity index (χ4v) is 9.92. The number of fused-ring (bicyclic) bond motifs is 17. The fourth-order valence-electron chi connectivity index (χ4n) is 9.92. The van der Waals surface area contributed by atoms with E-state index < -0.39 is 5.41 Å². The van der Waals surface area contributed by atoms with Crippen LogP contribution >= 0.6 is 0 Å². The minimum atomic E-state index is -0.437. The van der Waals surface area contributed by atoms with Crippen molar-refractivity contribution in [2.45, 2.75) is 18.3 Å². The first-order valence-corrected chi connectivity index (χ1v) is 18.0. The van der Waals surface area contributed by atoms with Crippen molar-refractivity contribution in [2.75, 3.05) is 0 Å². The van der Waals surface area contributed by atoms with E-state index in [2.05, 4.69) is 168 Å². The molecule has 1 spiro atoms. The topological polar surface area (TPSA) is 18.1 Å². The van der Waals surface area contributed by atoms with Crippen molar-refractivity contribution in [3.05, 3.63) is 191 Å². The highest BCUT2D eigenvalue weighted by molar-refractivity contribution is 6.14. The summed E-state index contributed by atoms with van der Waals surface area (Å²) in [6.07, 6.45) is 6.44. The lowest BCUT2D eigenvalue weighted by molar-refractivity contribution is 0.596. The Morgan fingerprint density at radius 2 is 1.14 bits per heavy atom. The van der Waals surface area contributed by atoms with E-state index in [0.717, 1.165) is 41.0 Å². The van der Waals surface area contributed by atoms with Gasteiger partial charge in [-0.25, -0.2) is 0 Å². The van der Waals surface area contributed by atoms with Crippen molar-refractivity contribution in [3.63, 3.8) is 0 Å². The molecule has 0 saturated carbocycles. The summed E-state index contributed by atoms with van der Waals surface area (Å²) in [6, 6.07) is 56.6. The van der Waals surface area contributed by atoms with E-state index in [1.54, 1.807) is 0 Å². The fraction of sp³-hybridized carbons (Fsp3) is 0.0612. The molecule has 0 radical (unpaired) electrons. The first-order valence-electron chi connectivity index (χ1n) is 18.0. The van der Waals surface area contributed by atoms with Gasteiger partial charge in [0.2, 0.25) is 0 Å². The molecule has 2 heterocycles. The highest BCUT2D eigenvalue weighted by atomic mass is 16.3. The second-order valence-electron chi connectivity index (χ2n) is 14.2. The van der Waals surface area contributed by atoms with E-state index in [4.69, 9.17) is 4.42 Å². The van der Waals surface area contributed by atoms with Crippen LogP contribution in [0.3, 0.4) is 0 Å². The van der Waals surface area contributed by atoms with Gasteiger partial charge in [0.25, 0.3) is 0 Å². The Morgan fingerprint density at radius 1 is 0.510 bits per heavy atom. The van der Waals surface area contributed by atoms with Gasteiger partial charge in [-0.1, -0.05) is 140 Å². The van der Waals surface area contributed by atoms with Gasteiger partial charge in [-0.3, -0.25) is 0 Å². The van der Waals surface area contributed by atoms with Crippen molar-refractivity contribution in [1.82, 2.24) is 4.57 Å². The van der Waals surface area contributed by atoms with Crippen molar-refractivity contribution < 1.29 is 4.42 Å². The largest absolute Gasteiger partial charge is 0.456 e. The van der Waals surface area contributed by atoms with Crippen LogP contribution in [0.4, 0.5) is 0 Å². The molecule has 7 aromatic carbocycles. The number of allylic oxidation sites excluding steroid dienone is 1. The van der Waals surface area contributed by atoms with Gasteiger partial charge in [0.1, 0.15) is 11.3 Å². The summed E-state index contributed by atoms with van der Waals surface area (Å²) in [5, 5.41) is 3.78. The first-order chi connectivity index (χ1) is 25.3. The monoisotopic (exact) mass is 649 g/mol. The molecule has 9 aromatic rings. The number of aromatic nitrogens is 1. The van der Waals surface area contributed by atoms with Gasteiger partial charge in [-0.15, -0.1) is 0 Å². The predicted octanol–water partition coefficient (Wildman–Crippen LogP) is 12.5. The molecule has 51 heavy (non-hydrogen) atoms. The van der Waals surface area contributed by atoms with Crippen LogP contribution < -0.4 is 0 Å². The van der Waals surface area contributed by atoms with Crippen molar-refractivity contribution in [3.8, 4) is 39.1 Å². The number of aryl methyl sites for hydroxylation is 1. The van der Waals surface area contributed by atoms with Gasteiger partial charge in [-0.2, -0.15) is 0 Å². The van der Waals surface area contributed by atoms with E-state index >= 15 is 0 Å². The van der Waals surface area contributed by atoms with Gasteiger partial charge in [0.05, 0.1) is 16.4 Å². The molecular weight excluding hydrogens is 619 g/mol. The Hall–Kier alpha value is -6.38. The Balaban J connectivity index is 1.16. The Morgan fingerprint density at radius 3 is 1.88 bits per heavy atom. The predicted molar refractivity (Wildman–Crippen MR) is 210 cm³/mol. The van der Waals surface area contributed by atoms with Crippen molar-refractivity contribution in [1.29, 1.82) is 0 Å². The van der Waals surface area contributed by atoms with Crippen LogP contribution in [-0.2, 0) is 11.8 Å². The molecule has 2 heteroatoms. The summed E-state index contributed by atoms with van der Waals surface area (Å²) < 4.78 is 9.02. The SMILES string of the molecule is C1=Cc2oc3c(-c4ccc(-n5c6ccccc6c6ccc7c(c65)C5(c6ccccc6-c6ccccc65)c5ccccc5-7)cc4)cccc3c2CC1. The number of para-hydroxylation sites is 2. The summed E-state index contributed by atoms with van der Waals surface area (Å²) in [4.78, 5) is 0. The van der Waals surface area contributed by atoms with Crippen LogP contribution in [0.1, 0.15) is 40.0 Å². The minimum absolute atomic E-state index is 0.437. The number of furan rings is 1. The molecule has 0 N–H and O–H groups in total. The molecular formula is C49H31NO. The van der Waals surface area contributed by atoms with Crippen molar-refractivity contribution in [2.24, 2.45) is 0 Å². The molecule has 238 valence electrons. The number of hydrogen-bond donors (Lipinski definition) is 0. The molecule has 0 fully saturated rings. The van der Waals surface area contributed by atoms with Crippen LogP contribution in [-0.4, -0.2) is 4.57 Å². The van der Waals surface area contributed by atoms with E-state index in [-0.39, 0.29) is 0 Å². The molecule has 12 rings (SSSR count).